The molecular weight excluding hydrogens is 304 g/mol. The lowest BCUT2D eigenvalue weighted by Gasteiger charge is -2.06. The molecule has 0 spiro atoms. The average molecular weight is 320 g/mol. The molecular formula is C18H16N4O2. The number of ketones is 1. The minimum atomic E-state index is -0.547. The van der Waals surface area contributed by atoms with Crippen molar-refractivity contribution in [2.75, 3.05) is 10.6 Å². The molecule has 6 heteroatoms. The number of aryl methyl sites for hydroxylation is 1. The van der Waals surface area contributed by atoms with Crippen molar-refractivity contribution in [3.8, 4) is 6.07 Å². The monoisotopic (exact) mass is 320 g/mol. The molecule has 0 aliphatic heterocycles. The number of hydrogen-bond donors (Lipinski definition) is 2. The van der Waals surface area contributed by atoms with Gasteiger partial charge in [0.05, 0.1) is 0 Å². The minimum Gasteiger partial charge on any atom is -0.345 e. The molecule has 0 aliphatic rings. The van der Waals surface area contributed by atoms with Crippen LogP contribution >= 0.6 is 0 Å². The van der Waals surface area contributed by atoms with Gasteiger partial charge in [-0.2, -0.15) is 5.26 Å². The number of pyridine rings is 1. The van der Waals surface area contributed by atoms with Crippen LogP contribution in [0.15, 0.2) is 54.4 Å². The van der Waals surface area contributed by atoms with Crippen molar-refractivity contribution in [1.82, 2.24) is 4.98 Å². The van der Waals surface area contributed by atoms with Crippen LogP contribution in [0.1, 0.15) is 22.8 Å². The van der Waals surface area contributed by atoms with E-state index in [0.717, 1.165) is 5.56 Å². The molecule has 0 saturated carbocycles. The highest BCUT2D eigenvalue weighted by Crippen LogP contribution is 2.13. The number of anilines is 2. The molecule has 2 N–H and O–H groups in total. The van der Waals surface area contributed by atoms with Crippen molar-refractivity contribution >= 4 is 23.2 Å². The average Bonchev–Trinajstić information content (AvgIpc) is 2.57. The lowest BCUT2D eigenvalue weighted by atomic mass is 10.1. The Kier molecular flexibility index (Phi) is 5.42. The van der Waals surface area contributed by atoms with E-state index < -0.39 is 5.91 Å². The number of rotatable bonds is 5. The summed E-state index contributed by atoms with van der Waals surface area (Å²) in [7, 11) is 0. The Morgan fingerprint density at radius 3 is 2.50 bits per heavy atom. The van der Waals surface area contributed by atoms with Gasteiger partial charge in [-0.3, -0.25) is 9.59 Å². The van der Waals surface area contributed by atoms with Gasteiger partial charge in [0.15, 0.2) is 5.78 Å². The smallest absolute Gasteiger partial charge is 0.267 e. The first-order chi connectivity index (χ1) is 11.5. The van der Waals surface area contributed by atoms with Crippen molar-refractivity contribution in [3.05, 3.63) is 65.5 Å². The Bertz CT molecular complexity index is 833. The topological polar surface area (TPSA) is 94.9 Å². The Hall–Kier alpha value is -3.46. The maximum Gasteiger partial charge on any atom is 0.267 e. The number of amides is 1. The van der Waals surface area contributed by atoms with Gasteiger partial charge in [-0.15, -0.1) is 0 Å². The zero-order chi connectivity index (χ0) is 17.5. The first-order valence-corrected chi connectivity index (χ1v) is 7.22. The van der Waals surface area contributed by atoms with Crippen LogP contribution in [-0.2, 0) is 4.79 Å². The van der Waals surface area contributed by atoms with Gasteiger partial charge in [-0.1, -0.05) is 6.07 Å². The number of aromatic nitrogens is 1. The Morgan fingerprint density at radius 2 is 1.92 bits per heavy atom. The molecule has 120 valence electrons. The minimum absolute atomic E-state index is 0.0552. The zero-order valence-corrected chi connectivity index (χ0v) is 13.3. The summed E-state index contributed by atoms with van der Waals surface area (Å²) in [5, 5.41) is 14.6. The molecule has 2 aromatic rings. The third-order valence-corrected chi connectivity index (χ3v) is 3.28. The van der Waals surface area contributed by atoms with Crippen molar-refractivity contribution in [2.24, 2.45) is 0 Å². The van der Waals surface area contributed by atoms with Crippen molar-refractivity contribution < 1.29 is 9.59 Å². The number of hydrogen-bond acceptors (Lipinski definition) is 5. The third-order valence-electron chi connectivity index (χ3n) is 3.28. The molecule has 1 aromatic carbocycles. The molecule has 24 heavy (non-hydrogen) atoms. The van der Waals surface area contributed by atoms with E-state index in [0.29, 0.717) is 17.1 Å². The van der Waals surface area contributed by atoms with Gasteiger partial charge in [-0.05, 0) is 49.7 Å². The van der Waals surface area contributed by atoms with Crippen LogP contribution in [0.5, 0.6) is 0 Å². The fourth-order valence-corrected chi connectivity index (χ4v) is 1.91. The fraction of sp³-hybridized carbons (Fsp3) is 0.111. The van der Waals surface area contributed by atoms with Gasteiger partial charge in [-0.25, -0.2) is 4.98 Å². The highest BCUT2D eigenvalue weighted by Gasteiger charge is 2.10. The van der Waals surface area contributed by atoms with E-state index in [1.807, 2.05) is 19.1 Å². The molecule has 2 rings (SSSR count). The summed E-state index contributed by atoms with van der Waals surface area (Å²) in [6, 6.07) is 12.0. The molecule has 0 atom stereocenters. The first kappa shape index (κ1) is 16.9. The lowest BCUT2D eigenvalue weighted by molar-refractivity contribution is -0.112. The van der Waals surface area contributed by atoms with E-state index in [9.17, 15) is 9.59 Å². The van der Waals surface area contributed by atoms with Crippen LogP contribution in [-0.4, -0.2) is 16.7 Å². The molecule has 1 amide bonds. The molecule has 6 nitrogen and oxygen atoms in total. The number of nitrogens with zero attached hydrogens (tertiary/aromatic N) is 2. The highest BCUT2D eigenvalue weighted by molar-refractivity contribution is 6.07. The second-order valence-corrected chi connectivity index (χ2v) is 5.07. The number of nitriles is 1. The van der Waals surface area contributed by atoms with Crippen molar-refractivity contribution in [2.45, 2.75) is 13.8 Å². The quantitative estimate of drug-likeness (QED) is 0.501. The molecule has 0 unspecified atom stereocenters. The Labute approximate surface area is 139 Å². The van der Waals surface area contributed by atoms with Crippen molar-refractivity contribution in [3.63, 3.8) is 0 Å². The van der Waals surface area contributed by atoms with E-state index >= 15 is 0 Å². The van der Waals surface area contributed by atoms with E-state index in [1.54, 1.807) is 36.5 Å². The van der Waals surface area contributed by atoms with Gasteiger partial charge in [0.25, 0.3) is 5.91 Å². The predicted molar refractivity (Wildman–Crippen MR) is 91.4 cm³/mol. The summed E-state index contributed by atoms with van der Waals surface area (Å²) >= 11 is 0. The molecule has 0 fully saturated rings. The number of benzene rings is 1. The van der Waals surface area contributed by atoms with Gasteiger partial charge < -0.3 is 10.6 Å². The SMILES string of the molecule is CC(=O)c1ccc(NC(=O)/C(C#N)=C\Nc2ncccc2C)cc1. The van der Waals surface area contributed by atoms with Crippen LogP contribution in [0.2, 0.25) is 0 Å². The van der Waals surface area contributed by atoms with Crippen LogP contribution in [0.3, 0.4) is 0 Å². The predicted octanol–water partition coefficient (Wildman–Crippen LogP) is 3.05. The molecule has 0 aliphatic carbocycles. The third kappa shape index (κ3) is 4.27. The van der Waals surface area contributed by atoms with E-state index in [2.05, 4.69) is 15.6 Å². The maximum atomic E-state index is 12.1. The van der Waals surface area contributed by atoms with Crippen LogP contribution in [0.4, 0.5) is 11.5 Å². The summed E-state index contributed by atoms with van der Waals surface area (Å²) in [6.07, 6.45) is 2.93. The van der Waals surface area contributed by atoms with Gasteiger partial charge in [0.2, 0.25) is 0 Å². The molecule has 1 aromatic heterocycles. The molecule has 0 bridgehead atoms. The number of nitrogens with one attached hydrogen (secondary N) is 2. The largest absolute Gasteiger partial charge is 0.345 e. The van der Waals surface area contributed by atoms with Gasteiger partial charge in [0.1, 0.15) is 17.5 Å². The van der Waals surface area contributed by atoms with Crippen molar-refractivity contribution in [1.29, 1.82) is 5.26 Å². The molecule has 1 heterocycles. The summed E-state index contributed by atoms with van der Waals surface area (Å²) in [4.78, 5) is 27.5. The first-order valence-electron chi connectivity index (χ1n) is 7.22. The number of carbonyl (C=O) groups is 2. The summed E-state index contributed by atoms with van der Waals surface area (Å²) in [5.41, 5.74) is 1.86. The zero-order valence-electron chi connectivity index (χ0n) is 13.3. The lowest BCUT2D eigenvalue weighted by Crippen LogP contribution is -2.14. The highest BCUT2D eigenvalue weighted by atomic mass is 16.1. The van der Waals surface area contributed by atoms with Gasteiger partial charge in [0, 0.05) is 23.6 Å². The molecule has 0 radical (unpaired) electrons. The summed E-state index contributed by atoms with van der Waals surface area (Å²) in [6.45, 7) is 3.33. The van der Waals surface area contributed by atoms with Crippen LogP contribution in [0.25, 0.3) is 0 Å². The van der Waals surface area contributed by atoms with Crippen LogP contribution < -0.4 is 10.6 Å². The van der Waals surface area contributed by atoms with Gasteiger partial charge >= 0.3 is 0 Å². The normalized spacial score (nSPS) is 10.6. The van der Waals surface area contributed by atoms with E-state index in [4.69, 9.17) is 5.26 Å². The second-order valence-electron chi connectivity index (χ2n) is 5.07. The Balaban J connectivity index is 2.08. The maximum absolute atomic E-state index is 12.1. The fourth-order valence-electron chi connectivity index (χ4n) is 1.91. The number of carbonyl (C=O) groups excluding carboxylic acids is 2. The summed E-state index contributed by atoms with van der Waals surface area (Å²) < 4.78 is 0. The van der Waals surface area contributed by atoms with Crippen LogP contribution in [0, 0.1) is 18.3 Å². The standard InChI is InChI=1S/C18H16N4O2/c1-12-4-3-9-20-17(12)21-11-15(10-19)18(24)22-16-7-5-14(6-8-16)13(2)23/h3-9,11H,1-2H3,(H,20,21)(H,22,24)/b15-11-. The molecule has 0 saturated heterocycles. The summed E-state index contributed by atoms with van der Waals surface area (Å²) in [5.74, 6) is -0.0292. The number of Topliss-reactive ketones (excluding diaryl/α,β-unsaturated/α-hetero) is 1. The second kappa shape index (κ2) is 7.70. The Morgan fingerprint density at radius 1 is 1.21 bits per heavy atom. The van der Waals surface area contributed by atoms with E-state index in [-0.39, 0.29) is 11.4 Å². The van der Waals surface area contributed by atoms with E-state index in [1.165, 1.54) is 13.1 Å².